The van der Waals surface area contributed by atoms with Crippen LogP contribution in [0.2, 0.25) is 0 Å². The van der Waals surface area contributed by atoms with Gasteiger partial charge in [-0.25, -0.2) is 0 Å². The second-order valence-corrected chi connectivity index (χ2v) is 6.39. The van der Waals surface area contributed by atoms with E-state index in [1.54, 1.807) is 4.90 Å². The van der Waals surface area contributed by atoms with Gasteiger partial charge in [0.15, 0.2) is 0 Å². The standard InChI is InChI=1S/C15H28N4O2/c1-12-2-4-13(5-3-12)17-14(20)11-18-6-8-19(9-7-18)15(21)10-16/h12-13H,2-11,16H2,1H3,(H,17,20). The number of nitrogens with two attached hydrogens (primary N) is 1. The van der Waals surface area contributed by atoms with Crippen molar-refractivity contribution in [1.29, 1.82) is 0 Å². The number of nitrogens with one attached hydrogen (secondary N) is 1. The molecule has 0 radical (unpaired) electrons. The summed E-state index contributed by atoms with van der Waals surface area (Å²) in [5.41, 5.74) is 5.36. The summed E-state index contributed by atoms with van der Waals surface area (Å²) in [4.78, 5) is 27.5. The number of carbonyl (C=O) groups is 2. The highest BCUT2D eigenvalue weighted by Gasteiger charge is 2.23. The van der Waals surface area contributed by atoms with Gasteiger partial charge in [-0.2, -0.15) is 0 Å². The summed E-state index contributed by atoms with van der Waals surface area (Å²) in [5.74, 6) is 0.912. The Balaban J connectivity index is 1.66. The van der Waals surface area contributed by atoms with E-state index in [0.29, 0.717) is 25.7 Å². The topological polar surface area (TPSA) is 78.7 Å². The molecule has 0 spiro atoms. The van der Waals surface area contributed by atoms with Gasteiger partial charge in [-0.05, 0) is 31.6 Å². The summed E-state index contributed by atoms with van der Waals surface area (Å²) in [6.07, 6.45) is 4.63. The molecule has 0 atom stereocenters. The Labute approximate surface area is 127 Å². The molecule has 120 valence electrons. The van der Waals surface area contributed by atoms with Gasteiger partial charge in [0.1, 0.15) is 0 Å². The molecule has 3 N–H and O–H groups in total. The average molecular weight is 296 g/mol. The van der Waals surface area contributed by atoms with E-state index >= 15 is 0 Å². The van der Waals surface area contributed by atoms with Crippen LogP contribution in [0.1, 0.15) is 32.6 Å². The third-order valence-corrected chi connectivity index (χ3v) is 4.65. The molecule has 2 aliphatic rings. The molecule has 2 rings (SSSR count). The van der Waals surface area contributed by atoms with Crippen LogP contribution in [-0.4, -0.2) is 66.9 Å². The molecule has 21 heavy (non-hydrogen) atoms. The highest BCUT2D eigenvalue weighted by atomic mass is 16.2. The molecule has 2 amide bonds. The van der Waals surface area contributed by atoms with E-state index in [1.165, 1.54) is 12.8 Å². The van der Waals surface area contributed by atoms with Crippen LogP contribution in [0.5, 0.6) is 0 Å². The molecule has 1 saturated heterocycles. The van der Waals surface area contributed by atoms with Gasteiger partial charge in [-0.15, -0.1) is 0 Å². The lowest BCUT2D eigenvalue weighted by Gasteiger charge is -2.34. The van der Waals surface area contributed by atoms with Crippen LogP contribution in [0.25, 0.3) is 0 Å². The van der Waals surface area contributed by atoms with Gasteiger partial charge in [-0.1, -0.05) is 6.92 Å². The Morgan fingerprint density at radius 3 is 2.29 bits per heavy atom. The molecule has 1 aliphatic carbocycles. The van der Waals surface area contributed by atoms with E-state index in [-0.39, 0.29) is 18.4 Å². The maximum absolute atomic E-state index is 12.1. The molecule has 0 aromatic rings. The number of carbonyl (C=O) groups excluding carboxylic acids is 2. The monoisotopic (exact) mass is 296 g/mol. The summed E-state index contributed by atoms with van der Waals surface area (Å²) >= 11 is 0. The maximum atomic E-state index is 12.1. The maximum Gasteiger partial charge on any atom is 0.236 e. The molecule has 0 aromatic carbocycles. The van der Waals surface area contributed by atoms with Crippen molar-refractivity contribution in [3.8, 4) is 0 Å². The van der Waals surface area contributed by atoms with E-state index < -0.39 is 0 Å². The number of hydrogen-bond donors (Lipinski definition) is 2. The normalized spacial score (nSPS) is 27.4. The molecular weight excluding hydrogens is 268 g/mol. The summed E-state index contributed by atoms with van der Waals surface area (Å²) in [6.45, 7) is 5.63. The minimum atomic E-state index is -0.00423. The van der Waals surface area contributed by atoms with Gasteiger partial charge in [0.25, 0.3) is 0 Å². The first-order valence-corrected chi connectivity index (χ1v) is 8.08. The van der Waals surface area contributed by atoms with E-state index in [9.17, 15) is 9.59 Å². The number of piperazine rings is 1. The highest BCUT2D eigenvalue weighted by Crippen LogP contribution is 2.23. The number of nitrogens with zero attached hydrogens (tertiary/aromatic N) is 2. The predicted molar refractivity (Wildman–Crippen MR) is 81.6 cm³/mol. The van der Waals surface area contributed by atoms with Crippen LogP contribution in [0.15, 0.2) is 0 Å². The first kappa shape index (κ1) is 16.2. The van der Waals surface area contributed by atoms with Gasteiger partial charge in [-0.3, -0.25) is 14.5 Å². The number of hydrogen-bond acceptors (Lipinski definition) is 4. The molecule has 0 aromatic heterocycles. The minimum Gasteiger partial charge on any atom is -0.352 e. The zero-order chi connectivity index (χ0) is 15.2. The largest absolute Gasteiger partial charge is 0.352 e. The summed E-state index contributed by atoms with van der Waals surface area (Å²) in [7, 11) is 0. The molecule has 0 bridgehead atoms. The molecule has 2 fully saturated rings. The van der Waals surface area contributed by atoms with Gasteiger partial charge in [0, 0.05) is 32.2 Å². The Bertz CT molecular complexity index is 359. The smallest absolute Gasteiger partial charge is 0.236 e. The second-order valence-electron chi connectivity index (χ2n) is 6.39. The third kappa shape index (κ3) is 4.97. The highest BCUT2D eigenvalue weighted by molar-refractivity contribution is 5.79. The zero-order valence-electron chi connectivity index (χ0n) is 13.0. The van der Waals surface area contributed by atoms with Gasteiger partial charge >= 0.3 is 0 Å². The molecule has 0 unspecified atom stereocenters. The number of rotatable bonds is 4. The molecule has 1 aliphatic heterocycles. The minimum absolute atomic E-state index is 0.00423. The van der Waals surface area contributed by atoms with Crippen molar-refractivity contribution in [3.63, 3.8) is 0 Å². The van der Waals surface area contributed by atoms with Crippen LogP contribution in [0.3, 0.4) is 0 Å². The Kier molecular flexibility index (Phi) is 5.99. The molecule has 1 saturated carbocycles. The van der Waals surface area contributed by atoms with Gasteiger partial charge < -0.3 is 16.0 Å². The van der Waals surface area contributed by atoms with E-state index in [4.69, 9.17) is 5.73 Å². The molecule has 6 heteroatoms. The van der Waals surface area contributed by atoms with Crippen molar-refractivity contribution >= 4 is 11.8 Å². The molecule has 1 heterocycles. The van der Waals surface area contributed by atoms with Crippen molar-refractivity contribution in [2.45, 2.75) is 38.6 Å². The van der Waals surface area contributed by atoms with Crippen molar-refractivity contribution < 1.29 is 9.59 Å². The van der Waals surface area contributed by atoms with E-state index in [2.05, 4.69) is 17.1 Å². The van der Waals surface area contributed by atoms with Crippen molar-refractivity contribution in [2.75, 3.05) is 39.3 Å². The van der Waals surface area contributed by atoms with Gasteiger partial charge in [0.2, 0.25) is 11.8 Å². The summed E-state index contributed by atoms with van der Waals surface area (Å²) in [6, 6.07) is 0.355. The number of amides is 2. The fourth-order valence-electron chi connectivity index (χ4n) is 3.17. The third-order valence-electron chi connectivity index (χ3n) is 4.65. The van der Waals surface area contributed by atoms with E-state index in [1.807, 2.05) is 0 Å². The average Bonchev–Trinajstić information content (AvgIpc) is 2.49. The lowest BCUT2D eigenvalue weighted by Crippen LogP contribution is -2.53. The molecular formula is C15H28N4O2. The predicted octanol–water partition coefficient (Wildman–Crippen LogP) is -0.216. The second kappa shape index (κ2) is 7.75. The van der Waals surface area contributed by atoms with Crippen LogP contribution < -0.4 is 11.1 Å². The quantitative estimate of drug-likeness (QED) is 0.752. The lowest BCUT2D eigenvalue weighted by atomic mass is 9.87. The van der Waals surface area contributed by atoms with Crippen molar-refractivity contribution in [3.05, 3.63) is 0 Å². The SMILES string of the molecule is CC1CCC(NC(=O)CN2CCN(C(=O)CN)CC2)CC1. The fraction of sp³-hybridized carbons (Fsp3) is 0.867. The first-order valence-electron chi connectivity index (χ1n) is 8.08. The lowest BCUT2D eigenvalue weighted by molar-refractivity contribution is -0.131. The Hall–Kier alpha value is -1.14. The van der Waals surface area contributed by atoms with Crippen LogP contribution in [-0.2, 0) is 9.59 Å². The van der Waals surface area contributed by atoms with Gasteiger partial charge in [0.05, 0.1) is 13.1 Å². The van der Waals surface area contributed by atoms with Crippen LogP contribution in [0, 0.1) is 5.92 Å². The molecule has 6 nitrogen and oxygen atoms in total. The van der Waals surface area contributed by atoms with Crippen LogP contribution in [0.4, 0.5) is 0 Å². The zero-order valence-corrected chi connectivity index (χ0v) is 13.0. The summed E-state index contributed by atoms with van der Waals surface area (Å²) in [5, 5.41) is 3.15. The van der Waals surface area contributed by atoms with Crippen LogP contribution >= 0.6 is 0 Å². The van der Waals surface area contributed by atoms with E-state index in [0.717, 1.165) is 31.8 Å². The summed E-state index contributed by atoms with van der Waals surface area (Å²) < 4.78 is 0. The van der Waals surface area contributed by atoms with Crippen molar-refractivity contribution in [1.82, 2.24) is 15.1 Å². The first-order chi connectivity index (χ1) is 10.1. The Morgan fingerprint density at radius 2 is 1.71 bits per heavy atom. The Morgan fingerprint density at radius 1 is 1.10 bits per heavy atom. The van der Waals surface area contributed by atoms with Crippen molar-refractivity contribution in [2.24, 2.45) is 11.7 Å². The fourth-order valence-corrected chi connectivity index (χ4v) is 3.17.